The average Bonchev–Trinajstić information content (AvgIpc) is 1.89. The maximum Gasteiger partial charge on any atom is 0.508 e. The van der Waals surface area contributed by atoms with Crippen molar-refractivity contribution in [3.8, 4) is 0 Å². The van der Waals surface area contributed by atoms with Gasteiger partial charge in [-0.2, -0.15) is 0 Å². The van der Waals surface area contributed by atoms with Crippen LogP contribution in [0.2, 0.25) is 0 Å². The molecule has 4 heteroatoms. The van der Waals surface area contributed by atoms with Crippen molar-refractivity contribution in [1.82, 2.24) is 0 Å². The van der Waals surface area contributed by atoms with Gasteiger partial charge in [-0.25, -0.2) is 4.79 Å². The van der Waals surface area contributed by atoms with E-state index in [1.54, 1.807) is 18.0 Å². The molecule has 0 rings (SSSR count). The van der Waals surface area contributed by atoms with Gasteiger partial charge in [-0.3, -0.25) is 0 Å². The van der Waals surface area contributed by atoms with E-state index in [1.165, 1.54) is 0 Å². The molecule has 10 heavy (non-hydrogen) atoms. The Morgan fingerprint density at radius 2 is 2.30 bits per heavy atom. The van der Waals surface area contributed by atoms with Gasteiger partial charge in [-0.1, -0.05) is 15.9 Å². The van der Waals surface area contributed by atoms with Gasteiger partial charge in [-0.05, 0) is 18.0 Å². The molecule has 58 valence electrons. The zero-order valence-electron chi connectivity index (χ0n) is 5.67. The normalized spacial score (nSPS) is 9.80. The van der Waals surface area contributed by atoms with Crippen molar-refractivity contribution in [1.29, 1.82) is 0 Å². The Labute approximate surface area is 68.1 Å². The molecule has 0 aromatic rings. The van der Waals surface area contributed by atoms with Crippen LogP contribution in [0.5, 0.6) is 0 Å². The lowest BCUT2D eigenvalue weighted by molar-refractivity contribution is 0.0673. The maximum absolute atomic E-state index is 10.4. The summed E-state index contributed by atoms with van der Waals surface area (Å²) in [7, 11) is 0. The molecule has 0 aliphatic rings. The molecule has 3 nitrogen and oxygen atoms in total. The predicted molar refractivity (Wildman–Crippen MR) is 41.0 cm³/mol. The first kappa shape index (κ1) is 9.49. The summed E-state index contributed by atoms with van der Waals surface area (Å²) in [5.41, 5.74) is 0. The predicted octanol–water partition coefficient (Wildman–Crippen LogP) is 2.07. The van der Waals surface area contributed by atoms with Crippen LogP contribution < -0.4 is 0 Å². The summed E-state index contributed by atoms with van der Waals surface area (Å²) >= 11 is 3.03. The van der Waals surface area contributed by atoms with Gasteiger partial charge in [0.2, 0.25) is 0 Å². The van der Waals surface area contributed by atoms with Crippen LogP contribution in [-0.4, -0.2) is 19.4 Å². The fourth-order valence-corrected chi connectivity index (χ4v) is 0.465. The third-order valence-electron chi connectivity index (χ3n) is 0.649. The quantitative estimate of drug-likeness (QED) is 0.667. The molecule has 0 saturated heterocycles. The third kappa shape index (κ3) is 5.62. The van der Waals surface area contributed by atoms with Gasteiger partial charge < -0.3 is 9.47 Å². The summed E-state index contributed by atoms with van der Waals surface area (Å²) in [5, 5.41) is 0. The molecule has 0 spiro atoms. The second-order valence-electron chi connectivity index (χ2n) is 1.36. The zero-order chi connectivity index (χ0) is 7.82. The number of hydrogen-bond acceptors (Lipinski definition) is 3. The Bertz CT molecular complexity index is 122. The van der Waals surface area contributed by atoms with Crippen molar-refractivity contribution in [3.05, 3.63) is 11.1 Å². The van der Waals surface area contributed by atoms with Gasteiger partial charge in [0.1, 0.15) is 6.61 Å². The molecule has 0 aromatic carbocycles. The molecule has 0 N–H and O–H groups in total. The molecule has 0 unspecified atom stereocenters. The number of hydrogen-bond donors (Lipinski definition) is 0. The minimum absolute atomic E-state index is 0.240. The molecule has 0 bridgehead atoms. The Morgan fingerprint density at radius 3 is 2.80 bits per heavy atom. The summed E-state index contributed by atoms with van der Waals surface area (Å²) in [5.74, 6) is 0. The van der Waals surface area contributed by atoms with Crippen LogP contribution in [0, 0.1) is 0 Å². The highest BCUT2D eigenvalue weighted by atomic mass is 79.9. The first-order valence-electron chi connectivity index (χ1n) is 2.86. The van der Waals surface area contributed by atoms with E-state index in [9.17, 15) is 4.79 Å². The van der Waals surface area contributed by atoms with E-state index >= 15 is 0 Å². The number of halogens is 1. The van der Waals surface area contributed by atoms with Gasteiger partial charge in [0, 0.05) is 0 Å². The Kier molecular flexibility index (Phi) is 6.27. The van der Waals surface area contributed by atoms with Gasteiger partial charge in [0.25, 0.3) is 0 Å². The fourth-order valence-electron chi connectivity index (χ4n) is 0.312. The molecule has 0 aliphatic carbocycles. The first-order chi connectivity index (χ1) is 4.81. The molecule has 0 heterocycles. The van der Waals surface area contributed by atoms with Crippen LogP contribution in [0.25, 0.3) is 0 Å². The van der Waals surface area contributed by atoms with Crippen LogP contribution in [-0.2, 0) is 9.47 Å². The number of ether oxygens (including phenoxy) is 2. The lowest BCUT2D eigenvalue weighted by atomic mass is 10.7. The number of rotatable bonds is 3. The monoisotopic (exact) mass is 208 g/mol. The van der Waals surface area contributed by atoms with Crippen LogP contribution in [0.1, 0.15) is 6.92 Å². The van der Waals surface area contributed by atoms with E-state index in [1.807, 2.05) is 0 Å². The van der Waals surface area contributed by atoms with Crippen molar-refractivity contribution in [2.45, 2.75) is 6.92 Å². The van der Waals surface area contributed by atoms with Gasteiger partial charge in [-0.15, -0.1) is 0 Å². The second-order valence-corrected chi connectivity index (χ2v) is 1.88. The van der Waals surface area contributed by atoms with Gasteiger partial charge in [0.15, 0.2) is 0 Å². The van der Waals surface area contributed by atoms with E-state index in [2.05, 4.69) is 25.4 Å². The fraction of sp³-hybridized carbons (Fsp3) is 0.500. The van der Waals surface area contributed by atoms with Crippen LogP contribution in [0.15, 0.2) is 11.1 Å². The molecule has 0 fully saturated rings. The average molecular weight is 209 g/mol. The molecule has 0 aromatic heterocycles. The minimum atomic E-state index is -0.631. The SMILES string of the molecule is CCOC(=O)OC/C=C/Br. The van der Waals surface area contributed by atoms with Crippen molar-refractivity contribution in [2.24, 2.45) is 0 Å². The summed E-state index contributed by atoms with van der Waals surface area (Å²) in [6.45, 7) is 2.31. The molecule has 0 radical (unpaired) electrons. The van der Waals surface area contributed by atoms with Gasteiger partial charge >= 0.3 is 6.16 Å². The maximum atomic E-state index is 10.4. The van der Waals surface area contributed by atoms with E-state index in [-0.39, 0.29) is 6.61 Å². The van der Waals surface area contributed by atoms with E-state index in [0.717, 1.165) is 0 Å². The van der Waals surface area contributed by atoms with Gasteiger partial charge in [0.05, 0.1) is 6.61 Å². The summed E-state index contributed by atoms with van der Waals surface area (Å²) in [6.07, 6.45) is 1.02. The van der Waals surface area contributed by atoms with E-state index in [4.69, 9.17) is 0 Å². The number of carbonyl (C=O) groups excluding carboxylic acids is 1. The summed E-state index contributed by atoms with van der Waals surface area (Å²) in [6, 6.07) is 0. The van der Waals surface area contributed by atoms with Crippen LogP contribution in [0.4, 0.5) is 4.79 Å². The first-order valence-corrected chi connectivity index (χ1v) is 3.77. The van der Waals surface area contributed by atoms with Crippen molar-refractivity contribution in [3.63, 3.8) is 0 Å². The van der Waals surface area contributed by atoms with Crippen LogP contribution in [0.3, 0.4) is 0 Å². The van der Waals surface area contributed by atoms with Crippen molar-refractivity contribution < 1.29 is 14.3 Å². The highest BCUT2D eigenvalue weighted by Gasteiger charge is 1.97. The van der Waals surface area contributed by atoms with Crippen molar-refractivity contribution >= 4 is 22.1 Å². The largest absolute Gasteiger partial charge is 0.508 e. The molecule has 0 amide bonds. The smallest absolute Gasteiger partial charge is 0.435 e. The molecular weight excluding hydrogens is 200 g/mol. The second kappa shape index (κ2) is 6.61. The Balaban J connectivity index is 3.21. The lowest BCUT2D eigenvalue weighted by Crippen LogP contribution is -2.06. The van der Waals surface area contributed by atoms with Crippen LogP contribution >= 0.6 is 15.9 Å². The highest BCUT2D eigenvalue weighted by molar-refractivity contribution is 9.11. The standard InChI is InChI=1S/C6H9BrO3/c1-2-9-6(8)10-5-3-4-7/h3-4H,2,5H2,1H3/b4-3+. The topological polar surface area (TPSA) is 35.5 Å². The molecule has 0 aliphatic heterocycles. The third-order valence-corrected chi connectivity index (χ3v) is 1.02. The zero-order valence-corrected chi connectivity index (χ0v) is 7.26. The minimum Gasteiger partial charge on any atom is -0.435 e. The Hall–Kier alpha value is -0.510. The Morgan fingerprint density at radius 1 is 1.60 bits per heavy atom. The van der Waals surface area contributed by atoms with Crippen molar-refractivity contribution in [2.75, 3.05) is 13.2 Å². The number of carbonyl (C=O) groups is 1. The van der Waals surface area contributed by atoms with E-state index < -0.39 is 6.16 Å². The van der Waals surface area contributed by atoms with E-state index in [0.29, 0.717) is 6.61 Å². The molecular formula is C6H9BrO3. The lowest BCUT2D eigenvalue weighted by Gasteiger charge is -1.99. The summed E-state index contributed by atoms with van der Waals surface area (Å²) < 4.78 is 9.02. The molecule has 0 atom stereocenters. The summed E-state index contributed by atoms with van der Waals surface area (Å²) in [4.78, 5) is 12.0. The highest BCUT2D eigenvalue weighted by Crippen LogP contribution is 1.87. The molecule has 0 saturated carbocycles.